The van der Waals surface area contributed by atoms with E-state index in [2.05, 4.69) is 0 Å². The number of hydrogen-bond donors (Lipinski definition) is 0. The Morgan fingerprint density at radius 3 is 2.15 bits per heavy atom. The Bertz CT molecular complexity index is 755. The molecular weight excluding hydrogens is 372 g/mol. The van der Waals surface area contributed by atoms with E-state index in [1.807, 2.05) is 0 Å². The normalized spacial score (nSPS) is 16.7. The molecule has 0 aliphatic carbocycles. The molecular formula is C18H26N2O6S. The Hall–Kier alpha value is -1.97. The molecule has 150 valence electrons. The third kappa shape index (κ3) is 5.27. The molecule has 0 spiro atoms. The van der Waals surface area contributed by atoms with Crippen molar-refractivity contribution in [3.63, 3.8) is 0 Å². The van der Waals surface area contributed by atoms with Crippen LogP contribution in [0.2, 0.25) is 0 Å². The van der Waals surface area contributed by atoms with Gasteiger partial charge in [0.05, 0.1) is 17.6 Å². The van der Waals surface area contributed by atoms with Gasteiger partial charge in [-0.3, -0.25) is 9.63 Å². The molecule has 1 aliphatic rings. The Balaban J connectivity index is 2.02. The van der Waals surface area contributed by atoms with Crippen molar-refractivity contribution in [3.05, 3.63) is 29.8 Å². The molecule has 1 aromatic rings. The van der Waals surface area contributed by atoms with Gasteiger partial charge in [-0.25, -0.2) is 13.2 Å². The van der Waals surface area contributed by atoms with Gasteiger partial charge in [-0.1, -0.05) is 17.3 Å². The second-order valence-electron chi connectivity index (χ2n) is 6.41. The second kappa shape index (κ2) is 9.29. The lowest BCUT2D eigenvalue weighted by molar-refractivity contribution is -0.139. The van der Waals surface area contributed by atoms with Gasteiger partial charge < -0.3 is 9.64 Å². The van der Waals surface area contributed by atoms with Crippen LogP contribution in [-0.4, -0.2) is 63.0 Å². The summed E-state index contributed by atoms with van der Waals surface area (Å²) in [6.45, 7) is 2.91. The summed E-state index contributed by atoms with van der Waals surface area (Å²) in [7, 11) is -1.27. The van der Waals surface area contributed by atoms with E-state index in [0.717, 1.165) is 30.2 Å². The largest absolute Gasteiger partial charge is 0.449 e. The summed E-state index contributed by atoms with van der Waals surface area (Å²) < 4.78 is 30.3. The summed E-state index contributed by atoms with van der Waals surface area (Å²) in [5.74, 6) is -0.874. The molecule has 9 heteroatoms. The molecule has 1 heterocycles. The maximum atomic E-state index is 12.5. The molecule has 0 radical (unpaired) electrons. The molecule has 1 aromatic carbocycles. The van der Waals surface area contributed by atoms with Gasteiger partial charge in [0.15, 0.2) is 6.10 Å². The lowest BCUT2D eigenvalue weighted by Gasteiger charge is -2.24. The van der Waals surface area contributed by atoms with Crippen LogP contribution >= 0.6 is 0 Å². The average molecular weight is 398 g/mol. The van der Waals surface area contributed by atoms with Gasteiger partial charge in [-0.2, -0.15) is 0 Å². The third-order valence-corrected chi connectivity index (χ3v) is 6.23. The maximum Gasteiger partial charge on any atom is 0.338 e. The first kappa shape index (κ1) is 21.3. The van der Waals surface area contributed by atoms with E-state index >= 15 is 0 Å². The van der Waals surface area contributed by atoms with Crippen LogP contribution < -0.4 is 0 Å². The summed E-state index contributed by atoms with van der Waals surface area (Å²) in [5, 5.41) is 0. The topological polar surface area (TPSA) is 93.2 Å². The molecule has 0 N–H and O–H groups in total. The summed E-state index contributed by atoms with van der Waals surface area (Å²) in [6, 6.07) is 5.29. The van der Waals surface area contributed by atoms with E-state index in [-0.39, 0.29) is 16.4 Å². The Morgan fingerprint density at radius 2 is 1.63 bits per heavy atom. The minimum absolute atomic E-state index is 0.0166. The zero-order valence-corrected chi connectivity index (χ0v) is 16.7. The second-order valence-corrected chi connectivity index (χ2v) is 8.34. The number of carbonyl (C=O) groups is 2. The number of likely N-dealkylation sites (tertiary alicyclic amines) is 1. The van der Waals surface area contributed by atoms with Crippen LogP contribution in [-0.2, 0) is 24.4 Å². The third-order valence-electron chi connectivity index (χ3n) is 4.53. The van der Waals surface area contributed by atoms with Gasteiger partial charge in [0.25, 0.3) is 15.9 Å². The highest BCUT2D eigenvalue weighted by Crippen LogP contribution is 2.17. The van der Waals surface area contributed by atoms with Gasteiger partial charge >= 0.3 is 5.97 Å². The average Bonchev–Trinajstić information content (AvgIpc) is 2.96. The zero-order chi connectivity index (χ0) is 20.0. The molecule has 27 heavy (non-hydrogen) atoms. The monoisotopic (exact) mass is 398 g/mol. The molecule has 0 saturated carbocycles. The number of amides is 1. The highest BCUT2D eigenvalue weighted by molar-refractivity contribution is 7.89. The minimum Gasteiger partial charge on any atom is -0.449 e. The fourth-order valence-corrected chi connectivity index (χ4v) is 3.81. The van der Waals surface area contributed by atoms with Crippen LogP contribution in [0.4, 0.5) is 0 Å². The first-order chi connectivity index (χ1) is 12.8. The van der Waals surface area contributed by atoms with Crippen LogP contribution in [0.25, 0.3) is 0 Å². The highest BCUT2D eigenvalue weighted by atomic mass is 32.2. The van der Waals surface area contributed by atoms with Crippen molar-refractivity contribution in [2.24, 2.45) is 0 Å². The van der Waals surface area contributed by atoms with Crippen LogP contribution in [0, 0.1) is 0 Å². The predicted molar refractivity (Wildman–Crippen MR) is 98.3 cm³/mol. The van der Waals surface area contributed by atoms with Gasteiger partial charge in [0, 0.05) is 20.1 Å². The Morgan fingerprint density at radius 1 is 1.07 bits per heavy atom. The number of hydroxylamine groups is 1. The van der Waals surface area contributed by atoms with Gasteiger partial charge in [0.1, 0.15) is 0 Å². The number of sulfonamides is 1. The van der Waals surface area contributed by atoms with Crippen molar-refractivity contribution >= 4 is 21.9 Å². The molecule has 8 nitrogen and oxygen atoms in total. The van der Waals surface area contributed by atoms with Crippen molar-refractivity contribution in [1.29, 1.82) is 0 Å². The molecule has 0 bridgehead atoms. The first-order valence-corrected chi connectivity index (χ1v) is 10.3. The predicted octanol–water partition coefficient (Wildman–Crippen LogP) is 1.82. The summed E-state index contributed by atoms with van der Waals surface area (Å²) in [4.78, 5) is 31.2. The molecule has 2 rings (SSSR count). The van der Waals surface area contributed by atoms with Crippen LogP contribution in [0.3, 0.4) is 0 Å². The van der Waals surface area contributed by atoms with E-state index in [1.54, 1.807) is 11.8 Å². The van der Waals surface area contributed by atoms with Gasteiger partial charge in [-0.05, 0) is 44.0 Å². The fourth-order valence-electron chi connectivity index (χ4n) is 2.84. The quantitative estimate of drug-likeness (QED) is 0.536. The van der Waals surface area contributed by atoms with Crippen molar-refractivity contribution in [2.45, 2.75) is 43.6 Å². The number of hydrogen-bond acceptors (Lipinski definition) is 6. The molecule has 1 amide bonds. The zero-order valence-electron chi connectivity index (χ0n) is 15.9. The van der Waals surface area contributed by atoms with Gasteiger partial charge in [0.2, 0.25) is 0 Å². The summed E-state index contributed by atoms with van der Waals surface area (Å²) in [6.07, 6.45) is 3.23. The first-order valence-electron chi connectivity index (χ1n) is 8.90. The number of carbonyl (C=O) groups excluding carboxylic acids is 2. The number of rotatable bonds is 6. The van der Waals surface area contributed by atoms with Crippen LogP contribution in [0.1, 0.15) is 43.0 Å². The smallest absolute Gasteiger partial charge is 0.338 e. The fraction of sp³-hybridized carbons (Fsp3) is 0.556. The Kier molecular flexibility index (Phi) is 7.34. The van der Waals surface area contributed by atoms with Gasteiger partial charge in [-0.15, -0.1) is 0 Å². The number of ether oxygens (including phenoxy) is 1. The SMILES string of the molecule is CON(C)S(=O)(=O)c1ccc(C(=O)O[C@@H](C)C(=O)N2CCCCCC2)cc1. The van der Waals surface area contributed by atoms with Crippen molar-refractivity contribution in [3.8, 4) is 0 Å². The van der Waals surface area contributed by atoms with E-state index < -0.39 is 22.1 Å². The van der Waals surface area contributed by atoms with Crippen molar-refractivity contribution < 1.29 is 27.6 Å². The standard InChI is InChI=1S/C18H26N2O6S/c1-14(17(21)20-12-6-4-5-7-13-20)26-18(22)15-8-10-16(11-9-15)27(23,24)19(2)25-3/h8-11,14H,4-7,12-13H2,1-3H3/t14-/m0/s1. The molecule has 1 saturated heterocycles. The summed E-state index contributed by atoms with van der Waals surface area (Å²) >= 11 is 0. The number of benzene rings is 1. The van der Waals surface area contributed by atoms with Crippen molar-refractivity contribution in [2.75, 3.05) is 27.2 Å². The number of esters is 1. The van der Waals surface area contributed by atoms with Crippen LogP contribution in [0.15, 0.2) is 29.2 Å². The van der Waals surface area contributed by atoms with E-state index in [9.17, 15) is 18.0 Å². The van der Waals surface area contributed by atoms with E-state index in [1.165, 1.54) is 38.4 Å². The highest BCUT2D eigenvalue weighted by Gasteiger charge is 2.26. The van der Waals surface area contributed by atoms with Crippen molar-refractivity contribution in [1.82, 2.24) is 9.37 Å². The maximum absolute atomic E-state index is 12.5. The van der Waals surface area contributed by atoms with E-state index in [4.69, 9.17) is 9.57 Å². The molecule has 0 aromatic heterocycles. The van der Waals surface area contributed by atoms with Crippen LogP contribution in [0.5, 0.6) is 0 Å². The van der Waals surface area contributed by atoms with E-state index in [0.29, 0.717) is 13.1 Å². The molecule has 1 fully saturated rings. The number of nitrogens with zero attached hydrogens (tertiary/aromatic N) is 2. The summed E-state index contributed by atoms with van der Waals surface area (Å²) in [5.41, 5.74) is 0.171. The molecule has 0 unspecified atom stereocenters. The Labute approximate surface area is 160 Å². The molecule has 1 aliphatic heterocycles. The minimum atomic E-state index is -3.79. The lowest BCUT2D eigenvalue weighted by atomic mass is 10.2. The lowest BCUT2D eigenvalue weighted by Crippen LogP contribution is -2.40. The molecule has 1 atom stereocenters.